The van der Waals surface area contributed by atoms with Crippen molar-refractivity contribution in [1.29, 1.82) is 0 Å². The summed E-state index contributed by atoms with van der Waals surface area (Å²) < 4.78 is 39.0. The molecule has 0 saturated heterocycles. The van der Waals surface area contributed by atoms with Crippen molar-refractivity contribution in [3.05, 3.63) is 40.1 Å². The first-order chi connectivity index (χ1) is 11.5. The highest BCUT2D eigenvalue weighted by Crippen LogP contribution is 2.36. The summed E-state index contributed by atoms with van der Waals surface area (Å²) in [7, 11) is 0. The Bertz CT molecular complexity index is 814. The van der Waals surface area contributed by atoms with Crippen LogP contribution in [0, 0.1) is 12.8 Å². The number of pyridine rings is 1. The number of hydrogen-bond donors (Lipinski definition) is 3. The molecular formula is C16H17ClF3N3O2. The number of rotatable bonds is 4. The number of nitrogens with one attached hydrogen (secondary N) is 1. The Morgan fingerprint density at radius 1 is 1.24 bits per heavy atom. The van der Waals surface area contributed by atoms with Gasteiger partial charge in [0.2, 0.25) is 11.8 Å². The Morgan fingerprint density at radius 3 is 2.40 bits per heavy atom. The molecule has 0 unspecified atom stereocenters. The van der Waals surface area contributed by atoms with Crippen LogP contribution in [-0.2, 0) is 6.18 Å². The van der Waals surface area contributed by atoms with Crippen LogP contribution < -0.4 is 5.43 Å². The molecule has 0 radical (unpaired) electrons. The molecule has 0 aliphatic heterocycles. The van der Waals surface area contributed by atoms with E-state index >= 15 is 0 Å². The van der Waals surface area contributed by atoms with E-state index < -0.39 is 16.9 Å². The van der Waals surface area contributed by atoms with Gasteiger partial charge in [-0.05, 0) is 25.0 Å². The number of alkyl halides is 3. The van der Waals surface area contributed by atoms with Crippen LogP contribution in [-0.4, -0.2) is 19.9 Å². The molecule has 2 rings (SSSR count). The fourth-order valence-electron chi connectivity index (χ4n) is 2.09. The van der Waals surface area contributed by atoms with E-state index in [1.807, 2.05) is 19.9 Å². The van der Waals surface area contributed by atoms with E-state index in [0.29, 0.717) is 11.1 Å². The third-order valence-electron chi connectivity index (χ3n) is 3.43. The Labute approximate surface area is 147 Å². The first-order valence-electron chi connectivity index (χ1n) is 7.34. The molecule has 5 nitrogen and oxygen atoms in total. The van der Waals surface area contributed by atoms with Crippen LogP contribution >= 0.6 is 11.6 Å². The molecule has 0 fully saturated rings. The van der Waals surface area contributed by atoms with Gasteiger partial charge in [-0.3, -0.25) is 5.43 Å². The maximum absolute atomic E-state index is 12.7. The lowest BCUT2D eigenvalue weighted by atomic mass is 10.1. The number of nitrogens with zero attached hydrogens (tertiary/aromatic N) is 2. The Hall–Kier alpha value is -2.35. The van der Waals surface area contributed by atoms with Gasteiger partial charge in [-0.15, -0.1) is 0 Å². The standard InChI is InChI=1S/C16H17ClF3N3O2/c1-8(2)4-5-10-9(3)14(24)23(15(10)25)22-12-7-6-11(13(17)21-12)16(18,19)20/h4-8,24-25H,1-3H3,(H,21,22)/b5-4+. The minimum absolute atomic E-state index is 0.0713. The molecule has 0 aliphatic rings. The maximum Gasteiger partial charge on any atom is 0.419 e. The summed E-state index contributed by atoms with van der Waals surface area (Å²) in [5, 5.41) is 19.7. The van der Waals surface area contributed by atoms with Crippen molar-refractivity contribution < 1.29 is 23.4 Å². The first-order valence-corrected chi connectivity index (χ1v) is 7.72. The molecule has 2 heterocycles. The lowest BCUT2D eigenvalue weighted by Gasteiger charge is -2.12. The summed E-state index contributed by atoms with van der Waals surface area (Å²) in [6.45, 7) is 5.50. The molecule has 0 aromatic carbocycles. The number of aromatic hydroxyl groups is 2. The highest BCUT2D eigenvalue weighted by Gasteiger charge is 2.34. The molecule has 0 aliphatic carbocycles. The van der Waals surface area contributed by atoms with Crippen LogP contribution in [0.1, 0.15) is 30.5 Å². The summed E-state index contributed by atoms with van der Waals surface area (Å²) >= 11 is 5.56. The van der Waals surface area contributed by atoms with Gasteiger partial charge in [-0.2, -0.15) is 17.8 Å². The molecule has 25 heavy (non-hydrogen) atoms. The Kier molecular flexibility index (Phi) is 5.22. The van der Waals surface area contributed by atoms with E-state index in [1.165, 1.54) is 0 Å². The van der Waals surface area contributed by atoms with Gasteiger partial charge in [0.15, 0.2) is 0 Å². The SMILES string of the molecule is Cc1c(/C=C/C(C)C)c(O)n(Nc2ccc(C(F)(F)F)c(Cl)n2)c1O. The molecule has 2 aromatic rings. The zero-order valence-electron chi connectivity index (χ0n) is 13.7. The monoisotopic (exact) mass is 375 g/mol. The van der Waals surface area contributed by atoms with Crippen molar-refractivity contribution in [2.75, 3.05) is 5.43 Å². The van der Waals surface area contributed by atoms with Crippen LogP contribution in [0.3, 0.4) is 0 Å². The van der Waals surface area contributed by atoms with Crippen LogP contribution in [0.4, 0.5) is 19.0 Å². The van der Waals surface area contributed by atoms with Gasteiger partial charge in [-0.25, -0.2) is 4.98 Å². The third kappa shape index (κ3) is 4.01. The van der Waals surface area contributed by atoms with E-state index in [4.69, 9.17) is 11.6 Å². The zero-order valence-corrected chi connectivity index (χ0v) is 14.4. The lowest BCUT2D eigenvalue weighted by molar-refractivity contribution is -0.137. The molecule has 0 amide bonds. The second kappa shape index (κ2) is 6.87. The van der Waals surface area contributed by atoms with Crippen molar-refractivity contribution in [1.82, 2.24) is 9.66 Å². The van der Waals surface area contributed by atoms with Crippen LogP contribution in [0.5, 0.6) is 11.8 Å². The number of anilines is 1. The fraction of sp³-hybridized carbons (Fsp3) is 0.312. The lowest BCUT2D eigenvalue weighted by Crippen LogP contribution is -2.12. The summed E-state index contributed by atoms with van der Waals surface area (Å²) in [4.78, 5) is 3.60. The van der Waals surface area contributed by atoms with E-state index in [9.17, 15) is 23.4 Å². The van der Waals surface area contributed by atoms with Gasteiger partial charge >= 0.3 is 6.18 Å². The fourth-order valence-corrected chi connectivity index (χ4v) is 2.35. The number of hydrogen-bond acceptors (Lipinski definition) is 4. The number of halogens is 4. The van der Waals surface area contributed by atoms with E-state index in [1.54, 1.807) is 13.0 Å². The van der Waals surface area contributed by atoms with Crippen molar-refractivity contribution >= 4 is 23.5 Å². The number of allylic oxidation sites excluding steroid dienone is 1. The predicted octanol–water partition coefficient (Wildman–Crippen LogP) is 4.82. The smallest absolute Gasteiger partial charge is 0.419 e. The summed E-state index contributed by atoms with van der Waals surface area (Å²) in [6.07, 6.45) is -1.13. The van der Waals surface area contributed by atoms with E-state index in [-0.39, 0.29) is 23.5 Å². The van der Waals surface area contributed by atoms with Crippen molar-refractivity contribution in [2.45, 2.75) is 26.9 Å². The topological polar surface area (TPSA) is 70.3 Å². The average molecular weight is 376 g/mol. The van der Waals surface area contributed by atoms with Crippen LogP contribution in [0.2, 0.25) is 5.15 Å². The van der Waals surface area contributed by atoms with Gasteiger partial charge in [0.1, 0.15) is 11.0 Å². The molecule has 3 N–H and O–H groups in total. The second-order valence-corrected chi connectivity index (χ2v) is 6.13. The predicted molar refractivity (Wildman–Crippen MR) is 89.6 cm³/mol. The molecular weight excluding hydrogens is 359 g/mol. The van der Waals surface area contributed by atoms with Gasteiger partial charge in [0, 0.05) is 11.1 Å². The van der Waals surface area contributed by atoms with Crippen LogP contribution in [0.15, 0.2) is 18.2 Å². The van der Waals surface area contributed by atoms with Crippen LogP contribution in [0.25, 0.3) is 6.08 Å². The van der Waals surface area contributed by atoms with Crippen molar-refractivity contribution in [3.63, 3.8) is 0 Å². The molecule has 0 atom stereocenters. The molecule has 2 aromatic heterocycles. The van der Waals surface area contributed by atoms with Gasteiger partial charge < -0.3 is 10.2 Å². The molecule has 0 spiro atoms. The molecule has 136 valence electrons. The number of aromatic nitrogens is 2. The average Bonchev–Trinajstić information content (AvgIpc) is 2.68. The minimum atomic E-state index is -4.62. The quantitative estimate of drug-likeness (QED) is 0.670. The summed E-state index contributed by atoms with van der Waals surface area (Å²) in [5.41, 5.74) is 2.25. The second-order valence-electron chi connectivity index (χ2n) is 5.77. The molecule has 0 bridgehead atoms. The minimum Gasteiger partial charge on any atom is -0.493 e. The van der Waals surface area contributed by atoms with Gasteiger partial charge in [0.05, 0.1) is 5.56 Å². The largest absolute Gasteiger partial charge is 0.493 e. The maximum atomic E-state index is 12.7. The van der Waals surface area contributed by atoms with Gasteiger partial charge in [-0.1, -0.05) is 37.6 Å². The third-order valence-corrected chi connectivity index (χ3v) is 3.72. The van der Waals surface area contributed by atoms with Gasteiger partial charge in [0.25, 0.3) is 0 Å². The normalized spacial score (nSPS) is 12.3. The molecule has 9 heteroatoms. The van der Waals surface area contributed by atoms with Crippen molar-refractivity contribution in [2.24, 2.45) is 5.92 Å². The summed E-state index contributed by atoms with van der Waals surface area (Å²) in [5.74, 6) is -0.436. The van der Waals surface area contributed by atoms with Crippen molar-refractivity contribution in [3.8, 4) is 11.8 Å². The Morgan fingerprint density at radius 2 is 1.88 bits per heavy atom. The Balaban J connectivity index is 2.38. The summed E-state index contributed by atoms with van der Waals surface area (Å²) in [6, 6.07) is 1.81. The van der Waals surface area contributed by atoms with E-state index in [0.717, 1.165) is 16.8 Å². The first kappa shape index (κ1) is 19.0. The van der Waals surface area contributed by atoms with E-state index in [2.05, 4.69) is 10.4 Å². The molecule has 0 saturated carbocycles. The highest BCUT2D eigenvalue weighted by molar-refractivity contribution is 6.30. The zero-order chi connectivity index (χ0) is 18.9. The highest BCUT2D eigenvalue weighted by atomic mass is 35.5.